The number of rotatable bonds is 3. The summed E-state index contributed by atoms with van der Waals surface area (Å²) in [4.78, 5) is 11.8. The van der Waals surface area contributed by atoms with Crippen LogP contribution in [0.3, 0.4) is 0 Å². The molecule has 0 saturated carbocycles. The van der Waals surface area contributed by atoms with Crippen molar-refractivity contribution in [2.45, 2.75) is 43.4 Å². The van der Waals surface area contributed by atoms with Crippen LogP contribution in [0.2, 0.25) is 0 Å². The van der Waals surface area contributed by atoms with Gasteiger partial charge in [-0.25, -0.2) is 13.2 Å². The Hall–Kier alpha value is -0.430. The van der Waals surface area contributed by atoms with E-state index in [2.05, 4.69) is 17.6 Å². The monoisotopic (exact) mass is 306 g/mol. The summed E-state index contributed by atoms with van der Waals surface area (Å²) in [5.74, 6) is 1.48. The SMILES string of the molecule is C[C@@]1(CNC(=O)N[C@H]2CCCS(=O)(=O)C2)CCCS1. The quantitative estimate of drug-likeness (QED) is 0.820. The molecule has 2 saturated heterocycles. The fraction of sp³-hybridized carbons (Fsp3) is 0.917. The number of urea groups is 1. The summed E-state index contributed by atoms with van der Waals surface area (Å²) in [5.41, 5.74) is 0. The largest absolute Gasteiger partial charge is 0.337 e. The van der Waals surface area contributed by atoms with Gasteiger partial charge in [0.25, 0.3) is 0 Å². The predicted molar refractivity (Wildman–Crippen MR) is 78.3 cm³/mol. The Morgan fingerprint density at radius 3 is 2.84 bits per heavy atom. The summed E-state index contributed by atoms with van der Waals surface area (Å²) in [6, 6.07) is -0.474. The summed E-state index contributed by atoms with van der Waals surface area (Å²) in [7, 11) is -2.97. The molecule has 0 bridgehead atoms. The minimum absolute atomic E-state index is 0.0758. The molecule has 0 radical (unpaired) electrons. The van der Waals surface area contributed by atoms with Gasteiger partial charge in [-0.3, -0.25) is 0 Å². The fourth-order valence-corrected chi connectivity index (χ4v) is 5.50. The van der Waals surface area contributed by atoms with Gasteiger partial charge < -0.3 is 10.6 Å². The van der Waals surface area contributed by atoms with Crippen LogP contribution in [-0.4, -0.2) is 49.0 Å². The predicted octanol–water partition coefficient (Wildman–Crippen LogP) is 1.15. The minimum atomic E-state index is -2.97. The maximum absolute atomic E-state index is 11.8. The van der Waals surface area contributed by atoms with Crippen molar-refractivity contribution >= 4 is 27.6 Å². The maximum Gasteiger partial charge on any atom is 0.315 e. The average Bonchev–Trinajstić information content (AvgIpc) is 2.73. The Balaban J connectivity index is 1.75. The third-order valence-electron chi connectivity index (χ3n) is 3.72. The van der Waals surface area contributed by atoms with E-state index in [4.69, 9.17) is 0 Å². The molecule has 2 amide bonds. The second-order valence-corrected chi connectivity index (χ2v) is 9.59. The smallest absolute Gasteiger partial charge is 0.315 e. The van der Waals surface area contributed by atoms with Gasteiger partial charge in [-0.05, 0) is 38.4 Å². The van der Waals surface area contributed by atoms with Crippen LogP contribution in [0.1, 0.15) is 32.6 Å². The first-order chi connectivity index (χ1) is 8.89. The summed E-state index contributed by atoms with van der Waals surface area (Å²) >= 11 is 1.89. The van der Waals surface area contributed by atoms with E-state index in [1.807, 2.05) is 11.8 Å². The lowest BCUT2D eigenvalue weighted by Crippen LogP contribution is -2.49. The second-order valence-electron chi connectivity index (χ2n) is 5.68. The fourth-order valence-electron chi connectivity index (χ4n) is 2.62. The van der Waals surface area contributed by atoms with Crippen molar-refractivity contribution in [3.05, 3.63) is 0 Å². The third kappa shape index (κ3) is 4.56. The molecule has 5 nitrogen and oxygen atoms in total. The first kappa shape index (κ1) is 15.0. The normalized spacial score (nSPS) is 33.8. The molecule has 0 aromatic rings. The lowest BCUT2D eigenvalue weighted by molar-refractivity contribution is 0.236. The zero-order valence-electron chi connectivity index (χ0n) is 11.3. The van der Waals surface area contributed by atoms with Gasteiger partial charge in [0.15, 0.2) is 9.84 Å². The number of sulfone groups is 1. The van der Waals surface area contributed by atoms with E-state index in [0.717, 1.165) is 18.6 Å². The molecule has 0 spiro atoms. The molecule has 2 atom stereocenters. The highest BCUT2D eigenvalue weighted by molar-refractivity contribution is 8.00. The second kappa shape index (κ2) is 5.91. The van der Waals surface area contributed by atoms with Crippen molar-refractivity contribution in [3.8, 4) is 0 Å². The van der Waals surface area contributed by atoms with Gasteiger partial charge in [-0.2, -0.15) is 11.8 Å². The number of hydrogen-bond donors (Lipinski definition) is 2. The molecule has 7 heteroatoms. The lowest BCUT2D eigenvalue weighted by atomic mass is 10.1. The maximum atomic E-state index is 11.8. The molecule has 2 fully saturated rings. The lowest BCUT2D eigenvalue weighted by Gasteiger charge is -2.26. The molecular formula is C12H22N2O3S2. The summed E-state index contributed by atoms with van der Waals surface area (Å²) < 4.78 is 23.1. The summed E-state index contributed by atoms with van der Waals surface area (Å²) in [5, 5.41) is 5.65. The number of carbonyl (C=O) groups is 1. The van der Waals surface area contributed by atoms with Crippen LogP contribution in [0, 0.1) is 0 Å². The Morgan fingerprint density at radius 1 is 1.42 bits per heavy atom. The third-order valence-corrected chi connectivity index (χ3v) is 7.08. The van der Waals surface area contributed by atoms with Gasteiger partial charge in [0.05, 0.1) is 11.5 Å². The molecule has 2 aliphatic rings. The minimum Gasteiger partial charge on any atom is -0.337 e. The Labute approximate surface area is 119 Å². The van der Waals surface area contributed by atoms with Crippen molar-refractivity contribution in [3.63, 3.8) is 0 Å². The van der Waals surface area contributed by atoms with Crippen LogP contribution in [0.4, 0.5) is 4.79 Å². The van der Waals surface area contributed by atoms with E-state index in [1.165, 1.54) is 6.42 Å². The highest BCUT2D eigenvalue weighted by atomic mass is 32.2. The van der Waals surface area contributed by atoms with E-state index >= 15 is 0 Å². The van der Waals surface area contributed by atoms with Crippen LogP contribution < -0.4 is 10.6 Å². The Bertz CT molecular complexity index is 430. The molecule has 0 aliphatic carbocycles. The number of carbonyl (C=O) groups excluding carboxylic acids is 1. The Kier molecular flexibility index (Phi) is 4.66. The van der Waals surface area contributed by atoms with E-state index in [0.29, 0.717) is 13.0 Å². The van der Waals surface area contributed by atoms with Gasteiger partial charge in [-0.1, -0.05) is 0 Å². The molecule has 19 heavy (non-hydrogen) atoms. The number of hydrogen-bond acceptors (Lipinski definition) is 4. The molecule has 2 N–H and O–H groups in total. The number of nitrogens with one attached hydrogen (secondary N) is 2. The van der Waals surface area contributed by atoms with Crippen molar-refractivity contribution in [1.82, 2.24) is 10.6 Å². The van der Waals surface area contributed by atoms with Crippen LogP contribution in [0.5, 0.6) is 0 Å². The molecule has 0 aromatic carbocycles. The molecule has 2 rings (SSSR count). The average molecular weight is 306 g/mol. The van der Waals surface area contributed by atoms with Crippen molar-refractivity contribution < 1.29 is 13.2 Å². The topological polar surface area (TPSA) is 75.3 Å². The van der Waals surface area contributed by atoms with E-state index < -0.39 is 9.84 Å². The number of amides is 2. The molecule has 2 heterocycles. The molecular weight excluding hydrogens is 284 g/mol. The van der Waals surface area contributed by atoms with Gasteiger partial charge in [-0.15, -0.1) is 0 Å². The van der Waals surface area contributed by atoms with Crippen LogP contribution in [0.15, 0.2) is 0 Å². The molecule has 2 aliphatic heterocycles. The van der Waals surface area contributed by atoms with Crippen LogP contribution >= 0.6 is 11.8 Å². The van der Waals surface area contributed by atoms with E-state index in [-0.39, 0.29) is 28.3 Å². The first-order valence-electron chi connectivity index (χ1n) is 6.77. The van der Waals surface area contributed by atoms with Crippen LogP contribution in [-0.2, 0) is 9.84 Å². The zero-order chi connectivity index (χ0) is 13.9. The molecule has 0 unspecified atom stereocenters. The highest BCUT2D eigenvalue weighted by Gasteiger charge is 2.30. The van der Waals surface area contributed by atoms with E-state index in [1.54, 1.807) is 0 Å². The molecule has 0 aromatic heterocycles. The Morgan fingerprint density at radius 2 is 2.21 bits per heavy atom. The highest BCUT2D eigenvalue weighted by Crippen LogP contribution is 2.36. The van der Waals surface area contributed by atoms with Gasteiger partial charge in [0, 0.05) is 17.3 Å². The molecule has 110 valence electrons. The van der Waals surface area contributed by atoms with Gasteiger partial charge in [0.1, 0.15) is 0 Å². The zero-order valence-corrected chi connectivity index (χ0v) is 12.9. The van der Waals surface area contributed by atoms with E-state index in [9.17, 15) is 13.2 Å². The van der Waals surface area contributed by atoms with Crippen LogP contribution in [0.25, 0.3) is 0 Å². The van der Waals surface area contributed by atoms with Gasteiger partial charge >= 0.3 is 6.03 Å². The summed E-state index contributed by atoms with van der Waals surface area (Å²) in [6.45, 7) is 2.80. The van der Waals surface area contributed by atoms with Crippen molar-refractivity contribution in [2.75, 3.05) is 23.8 Å². The van der Waals surface area contributed by atoms with Crippen molar-refractivity contribution in [1.29, 1.82) is 0 Å². The van der Waals surface area contributed by atoms with Gasteiger partial charge in [0.2, 0.25) is 0 Å². The van der Waals surface area contributed by atoms with Crippen molar-refractivity contribution in [2.24, 2.45) is 0 Å². The summed E-state index contributed by atoms with van der Waals surface area (Å²) in [6.07, 6.45) is 3.71. The standard InChI is InChI=1S/C12H22N2O3S2/c1-12(5-3-6-18-12)9-13-11(15)14-10-4-2-7-19(16,17)8-10/h10H,2-9H2,1H3,(H2,13,14,15)/t10-,12-/m0/s1. The first-order valence-corrected chi connectivity index (χ1v) is 9.58. The number of thioether (sulfide) groups is 1.